The number of nitriles is 1. The van der Waals surface area contributed by atoms with E-state index in [4.69, 9.17) is 14.5 Å². The summed E-state index contributed by atoms with van der Waals surface area (Å²) in [4.78, 5) is 22.3. The molecule has 2 aliphatic rings. The largest absolute Gasteiger partial charge is 0.497 e. The van der Waals surface area contributed by atoms with E-state index >= 15 is 0 Å². The van der Waals surface area contributed by atoms with Crippen LogP contribution in [0.25, 0.3) is 0 Å². The number of carbonyl (C=O) groups excluding carboxylic acids is 1. The number of pyridine rings is 1. The molecule has 9 heteroatoms. The number of hydrogen-bond acceptors (Lipinski definition) is 8. The summed E-state index contributed by atoms with van der Waals surface area (Å²) in [7, 11) is 5.23. The summed E-state index contributed by atoms with van der Waals surface area (Å²) in [6, 6.07) is 7.62. The molecule has 4 rings (SSSR count). The van der Waals surface area contributed by atoms with Crippen LogP contribution in [0.2, 0.25) is 0 Å². The normalized spacial score (nSPS) is 15.6. The molecular weight excluding hydrogens is 438 g/mol. The minimum Gasteiger partial charge on any atom is -0.497 e. The molecule has 0 radical (unpaired) electrons. The van der Waals surface area contributed by atoms with Crippen molar-refractivity contribution in [3.8, 4) is 17.6 Å². The van der Waals surface area contributed by atoms with Gasteiger partial charge >= 0.3 is 0 Å². The maximum atomic E-state index is 12.7. The number of fused-ring (bicyclic) bond motifs is 1. The lowest BCUT2D eigenvalue weighted by Gasteiger charge is -2.31. The van der Waals surface area contributed by atoms with Gasteiger partial charge in [-0.3, -0.25) is 4.79 Å². The molecule has 0 bridgehead atoms. The molecule has 0 atom stereocenters. The molecule has 174 valence electrons. The van der Waals surface area contributed by atoms with Gasteiger partial charge in [-0.15, -0.1) is 0 Å². The first kappa shape index (κ1) is 23.2. The molecule has 0 saturated carbocycles. The molecular formula is C24H29N5O3S. The van der Waals surface area contributed by atoms with Gasteiger partial charge in [0.1, 0.15) is 28.4 Å². The molecule has 1 N–H and O–H groups in total. The number of aromatic nitrogens is 1. The molecule has 1 amide bonds. The minimum atomic E-state index is -0.186. The number of nitrogens with one attached hydrogen (secondary N) is 1. The lowest BCUT2D eigenvalue weighted by atomic mass is 9.96. The molecule has 8 nitrogen and oxygen atoms in total. The molecule has 1 aromatic heterocycles. The maximum Gasteiger partial charge on any atom is 0.234 e. The molecule has 1 fully saturated rings. The fourth-order valence-corrected chi connectivity index (χ4v) is 5.16. The van der Waals surface area contributed by atoms with Gasteiger partial charge in [0.05, 0.1) is 31.2 Å². The molecule has 0 aliphatic carbocycles. The summed E-state index contributed by atoms with van der Waals surface area (Å²) in [5.74, 6) is 2.12. The maximum absolute atomic E-state index is 12.7. The van der Waals surface area contributed by atoms with Crippen LogP contribution >= 0.6 is 11.8 Å². The SMILES string of the molecule is COc1ccc(NC(=O)CSc2nc(N3CCCC3)c3c(c2C#N)CCN(C)C3)c(OC)c1. The number of benzene rings is 1. The van der Waals surface area contributed by atoms with Crippen LogP contribution in [-0.4, -0.2) is 62.4 Å². The monoisotopic (exact) mass is 467 g/mol. The van der Waals surface area contributed by atoms with Crippen molar-refractivity contribution in [2.24, 2.45) is 0 Å². The Labute approximate surface area is 198 Å². The Morgan fingerprint density at radius 1 is 1.21 bits per heavy atom. The molecule has 2 aliphatic heterocycles. The van der Waals surface area contributed by atoms with Crippen LogP contribution in [0.4, 0.5) is 11.5 Å². The van der Waals surface area contributed by atoms with E-state index < -0.39 is 0 Å². The lowest BCUT2D eigenvalue weighted by Crippen LogP contribution is -2.31. The summed E-state index contributed by atoms with van der Waals surface area (Å²) < 4.78 is 10.6. The second-order valence-corrected chi connectivity index (χ2v) is 9.23. The van der Waals surface area contributed by atoms with Gasteiger partial charge in [0.2, 0.25) is 5.91 Å². The second-order valence-electron chi connectivity index (χ2n) is 8.27. The number of carbonyl (C=O) groups is 1. The van der Waals surface area contributed by atoms with Crippen molar-refractivity contribution >= 4 is 29.2 Å². The molecule has 2 aromatic rings. The number of anilines is 2. The summed E-state index contributed by atoms with van der Waals surface area (Å²) in [6.07, 6.45) is 3.13. The highest BCUT2D eigenvalue weighted by molar-refractivity contribution is 8.00. The fourth-order valence-electron chi connectivity index (χ4n) is 4.36. The van der Waals surface area contributed by atoms with Crippen molar-refractivity contribution in [2.45, 2.75) is 30.8 Å². The van der Waals surface area contributed by atoms with Crippen LogP contribution in [0.3, 0.4) is 0 Å². The number of likely N-dealkylation sites (N-methyl/N-ethyl adjacent to an activating group) is 1. The molecule has 0 unspecified atom stereocenters. The van der Waals surface area contributed by atoms with Crippen molar-refractivity contribution in [3.05, 3.63) is 34.9 Å². The van der Waals surface area contributed by atoms with E-state index in [1.807, 2.05) is 0 Å². The summed E-state index contributed by atoms with van der Waals surface area (Å²) in [5.41, 5.74) is 3.44. The van der Waals surface area contributed by atoms with Crippen LogP contribution < -0.4 is 19.7 Å². The zero-order valence-electron chi connectivity index (χ0n) is 19.3. The molecule has 1 saturated heterocycles. The zero-order chi connectivity index (χ0) is 23.4. The predicted octanol–water partition coefficient (Wildman–Crippen LogP) is 3.29. The van der Waals surface area contributed by atoms with Gasteiger partial charge in [-0.2, -0.15) is 5.26 Å². The number of methoxy groups -OCH3 is 2. The van der Waals surface area contributed by atoms with Crippen LogP contribution in [-0.2, 0) is 17.8 Å². The smallest absolute Gasteiger partial charge is 0.234 e. The third-order valence-electron chi connectivity index (χ3n) is 6.07. The topological polar surface area (TPSA) is 90.7 Å². The molecule has 33 heavy (non-hydrogen) atoms. The van der Waals surface area contributed by atoms with Crippen molar-refractivity contribution < 1.29 is 14.3 Å². The van der Waals surface area contributed by atoms with Crippen molar-refractivity contribution in [1.29, 1.82) is 5.26 Å². The number of nitrogens with zero attached hydrogens (tertiary/aromatic N) is 4. The van der Waals surface area contributed by atoms with E-state index in [-0.39, 0.29) is 11.7 Å². The number of amides is 1. The van der Waals surface area contributed by atoms with E-state index in [1.54, 1.807) is 32.4 Å². The third-order valence-corrected chi connectivity index (χ3v) is 7.04. The Morgan fingerprint density at radius 3 is 2.70 bits per heavy atom. The Bertz CT molecular complexity index is 1080. The van der Waals surface area contributed by atoms with E-state index in [9.17, 15) is 10.1 Å². The van der Waals surface area contributed by atoms with Gasteiger partial charge in [0.15, 0.2) is 0 Å². The van der Waals surface area contributed by atoms with E-state index in [0.717, 1.165) is 56.8 Å². The van der Waals surface area contributed by atoms with Crippen LogP contribution in [0.15, 0.2) is 23.2 Å². The second kappa shape index (κ2) is 10.3. The first-order valence-corrected chi connectivity index (χ1v) is 12.1. The Hall–Kier alpha value is -2.96. The van der Waals surface area contributed by atoms with Gasteiger partial charge in [-0.05, 0) is 44.0 Å². The summed E-state index contributed by atoms with van der Waals surface area (Å²) >= 11 is 1.32. The van der Waals surface area contributed by atoms with Gasteiger partial charge in [0, 0.05) is 37.8 Å². The quantitative estimate of drug-likeness (QED) is 0.621. The molecule has 1 aromatic carbocycles. The van der Waals surface area contributed by atoms with Gasteiger partial charge < -0.3 is 24.6 Å². The highest BCUT2D eigenvalue weighted by Gasteiger charge is 2.28. The van der Waals surface area contributed by atoms with Crippen LogP contribution in [0, 0.1) is 11.3 Å². The summed E-state index contributed by atoms with van der Waals surface area (Å²) in [6.45, 7) is 3.67. The highest BCUT2D eigenvalue weighted by atomic mass is 32.2. The number of hydrogen-bond donors (Lipinski definition) is 1. The first-order valence-electron chi connectivity index (χ1n) is 11.1. The lowest BCUT2D eigenvalue weighted by molar-refractivity contribution is -0.113. The van der Waals surface area contributed by atoms with E-state index in [2.05, 4.69) is 28.2 Å². The van der Waals surface area contributed by atoms with Gasteiger partial charge in [-0.1, -0.05) is 11.8 Å². The standard InChI is InChI=1S/C24H29N5O3S/c1-28-11-8-17-18(13-25)24(27-23(19(17)14-28)29-9-4-5-10-29)33-15-22(30)26-20-7-6-16(31-2)12-21(20)32-3/h6-7,12H,4-5,8-11,14-15H2,1-3H3,(H,26,30). The van der Waals surface area contributed by atoms with Gasteiger partial charge in [0.25, 0.3) is 0 Å². The van der Waals surface area contributed by atoms with Gasteiger partial charge in [-0.25, -0.2) is 4.98 Å². The fraction of sp³-hybridized carbons (Fsp3) is 0.458. The number of rotatable bonds is 7. The zero-order valence-corrected chi connectivity index (χ0v) is 20.1. The van der Waals surface area contributed by atoms with Crippen LogP contribution in [0.1, 0.15) is 29.5 Å². The Kier molecular flexibility index (Phi) is 7.26. The average molecular weight is 468 g/mol. The van der Waals surface area contributed by atoms with Crippen LogP contribution in [0.5, 0.6) is 11.5 Å². The number of ether oxygens (including phenoxy) is 2. The Morgan fingerprint density at radius 2 is 2.00 bits per heavy atom. The van der Waals surface area contributed by atoms with Crippen molar-refractivity contribution in [2.75, 3.05) is 56.9 Å². The van der Waals surface area contributed by atoms with E-state index in [0.29, 0.717) is 27.8 Å². The van der Waals surface area contributed by atoms with Crippen molar-refractivity contribution in [3.63, 3.8) is 0 Å². The summed E-state index contributed by atoms with van der Waals surface area (Å²) in [5, 5.41) is 13.5. The minimum absolute atomic E-state index is 0.148. The van der Waals surface area contributed by atoms with Crippen molar-refractivity contribution in [1.82, 2.24) is 9.88 Å². The van der Waals surface area contributed by atoms with E-state index in [1.165, 1.54) is 17.3 Å². The highest BCUT2D eigenvalue weighted by Crippen LogP contribution is 2.36. The average Bonchev–Trinajstić information content (AvgIpc) is 3.37. The predicted molar refractivity (Wildman–Crippen MR) is 129 cm³/mol. The molecule has 3 heterocycles. The number of thioether (sulfide) groups is 1. The molecule has 0 spiro atoms. The Balaban J connectivity index is 1.56. The third kappa shape index (κ3) is 5.02. The first-order chi connectivity index (χ1) is 16.0.